The summed E-state index contributed by atoms with van der Waals surface area (Å²) in [6.45, 7) is 6.92. The van der Waals surface area contributed by atoms with Gasteiger partial charge >= 0.3 is 0 Å². The van der Waals surface area contributed by atoms with Gasteiger partial charge in [0.25, 0.3) is 0 Å². The van der Waals surface area contributed by atoms with Gasteiger partial charge in [0.15, 0.2) is 0 Å². The molecule has 0 amide bonds. The molecule has 0 radical (unpaired) electrons. The lowest BCUT2D eigenvalue weighted by Crippen LogP contribution is -2.28. The number of hydrogen-bond donors (Lipinski definition) is 1. The average Bonchev–Trinajstić information content (AvgIpc) is 2.98. The van der Waals surface area contributed by atoms with E-state index < -0.39 is 0 Å². The van der Waals surface area contributed by atoms with Gasteiger partial charge in [-0.2, -0.15) is 0 Å². The molecule has 1 N–H and O–H groups in total. The summed E-state index contributed by atoms with van der Waals surface area (Å²) in [5, 5.41) is 10.2. The van der Waals surface area contributed by atoms with Gasteiger partial charge in [-0.1, -0.05) is 0 Å². The fourth-order valence-electron chi connectivity index (χ4n) is 3.49. The van der Waals surface area contributed by atoms with Crippen molar-refractivity contribution in [1.29, 1.82) is 0 Å². The predicted octanol–water partition coefficient (Wildman–Crippen LogP) is 1.98. The monoisotopic (exact) mass is 263 g/mol. The smallest absolute Gasteiger partial charge is 0.132 e. The summed E-state index contributed by atoms with van der Waals surface area (Å²) >= 11 is 0. The van der Waals surface area contributed by atoms with E-state index in [0.717, 1.165) is 31.5 Å². The molecular formula is C15H25N3O. The Morgan fingerprint density at radius 3 is 3.00 bits per heavy atom. The van der Waals surface area contributed by atoms with Gasteiger partial charge in [-0.05, 0) is 52.0 Å². The lowest BCUT2D eigenvalue weighted by Gasteiger charge is -2.24. The first kappa shape index (κ1) is 13.1. The first-order valence-corrected chi connectivity index (χ1v) is 7.62. The highest BCUT2D eigenvalue weighted by Crippen LogP contribution is 2.28. The first-order valence-electron chi connectivity index (χ1n) is 7.62. The molecule has 0 aliphatic carbocycles. The third-order valence-electron chi connectivity index (χ3n) is 4.66. The molecule has 1 fully saturated rings. The van der Waals surface area contributed by atoms with Crippen LogP contribution in [0.2, 0.25) is 0 Å². The predicted molar refractivity (Wildman–Crippen MR) is 74.9 cm³/mol. The molecule has 2 aliphatic heterocycles. The third-order valence-corrected chi connectivity index (χ3v) is 4.66. The van der Waals surface area contributed by atoms with Crippen molar-refractivity contribution in [2.75, 3.05) is 13.1 Å². The second kappa shape index (κ2) is 5.25. The molecule has 4 heteroatoms. The molecule has 19 heavy (non-hydrogen) atoms. The molecule has 106 valence electrons. The third kappa shape index (κ3) is 2.56. The zero-order valence-electron chi connectivity index (χ0n) is 12.0. The highest BCUT2D eigenvalue weighted by molar-refractivity contribution is 5.10. The number of fused-ring (bicyclic) bond motifs is 1. The van der Waals surface area contributed by atoms with Crippen LogP contribution in [-0.2, 0) is 12.8 Å². The Kier molecular flexibility index (Phi) is 3.63. The van der Waals surface area contributed by atoms with E-state index in [0.29, 0.717) is 12.0 Å². The number of aliphatic hydroxyl groups is 1. The molecule has 0 aromatic carbocycles. The lowest BCUT2D eigenvalue weighted by atomic mass is 10.0. The normalized spacial score (nSPS) is 28.0. The van der Waals surface area contributed by atoms with Crippen LogP contribution in [0.15, 0.2) is 6.20 Å². The van der Waals surface area contributed by atoms with Gasteiger partial charge in [-0.15, -0.1) is 0 Å². The molecule has 4 nitrogen and oxygen atoms in total. The van der Waals surface area contributed by atoms with E-state index in [1.165, 1.54) is 25.2 Å². The maximum absolute atomic E-state index is 10.2. The van der Waals surface area contributed by atoms with E-state index in [2.05, 4.69) is 28.3 Å². The van der Waals surface area contributed by atoms with E-state index in [-0.39, 0.29) is 6.23 Å². The summed E-state index contributed by atoms with van der Waals surface area (Å²) in [7, 11) is 0. The largest absolute Gasteiger partial charge is 0.373 e. The van der Waals surface area contributed by atoms with Crippen molar-refractivity contribution in [1.82, 2.24) is 14.5 Å². The van der Waals surface area contributed by atoms with Crippen LogP contribution < -0.4 is 0 Å². The van der Waals surface area contributed by atoms with E-state index in [1.807, 2.05) is 6.20 Å². The number of aromatic nitrogens is 2. The maximum Gasteiger partial charge on any atom is 0.132 e. The maximum atomic E-state index is 10.2. The minimum atomic E-state index is -0.344. The number of likely N-dealkylation sites (tertiary alicyclic amines) is 1. The SMILES string of the molecule is CC(C)N1CCC(Cc2ncc3n2C(O)CCC3)C1. The second-order valence-corrected chi connectivity index (χ2v) is 6.36. The van der Waals surface area contributed by atoms with Gasteiger partial charge in [-0.25, -0.2) is 4.98 Å². The molecule has 2 atom stereocenters. The summed E-state index contributed by atoms with van der Waals surface area (Å²) in [5.41, 5.74) is 1.22. The Bertz CT molecular complexity index is 441. The Morgan fingerprint density at radius 2 is 2.26 bits per heavy atom. The van der Waals surface area contributed by atoms with Gasteiger partial charge in [-0.3, -0.25) is 0 Å². The van der Waals surface area contributed by atoms with Crippen LogP contribution in [0.1, 0.15) is 50.9 Å². The zero-order chi connectivity index (χ0) is 13.4. The Labute approximate surface area is 115 Å². The van der Waals surface area contributed by atoms with E-state index in [9.17, 15) is 5.11 Å². The van der Waals surface area contributed by atoms with Crippen LogP contribution in [0.4, 0.5) is 0 Å². The second-order valence-electron chi connectivity index (χ2n) is 6.36. The Morgan fingerprint density at radius 1 is 1.42 bits per heavy atom. The van der Waals surface area contributed by atoms with E-state index in [1.54, 1.807) is 0 Å². The number of aliphatic hydroxyl groups excluding tert-OH is 1. The van der Waals surface area contributed by atoms with Crippen molar-refractivity contribution >= 4 is 0 Å². The minimum absolute atomic E-state index is 0.344. The highest BCUT2D eigenvalue weighted by Gasteiger charge is 2.28. The number of rotatable bonds is 3. The van der Waals surface area contributed by atoms with Crippen molar-refractivity contribution in [3.05, 3.63) is 17.7 Å². The molecule has 2 unspecified atom stereocenters. The van der Waals surface area contributed by atoms with Crippen molar-refractivity contribution < 1.29 is 5.11 Å². The molecule has 1 saturated heterocycles. The molecule has 3 heterocycles. The quantitative estimate of drug-likeness (QED) is 0.906. The standard InChI is InChI=1S/C15H25N3O/c1-11(2)17-7-6-12(10-17)8-14-16-9-13-4-3-5-15(19)18(13)14/h9,11-12,15,19H,3-8,10H2,1-2H3. The number of hydrogen-bond acceptors (Lipinski definition) is 3. The molecule has 0 spiro atoms. The first-order chi connectivity index (χ1) is 9.15. The zero-order valence-corrected chi connectivity index (χ0v) is 12.0. The Balaban J connectivity index is 1.70. The van der Waals surface area contributed by atoms with Crippen LogP contribution in [0.3, 0.4) is 0 Å². The summed E-state index contributed by atoms with van der Waals surface area (Å²) in [6, 6.07) is 0.643. The summed E-state index contributed by atoms with van der Waals surface area (Å²) in [4.78, 5) is 7.11. The molecule has 0 bridgehead atoms. The molecule has 2 aliphatic rings. The summed E-state index contributed by atoms with van der Waals surface area (Å²) < 4.78 is 2.08. The van der Waals surface area contributed by atoms with E-state index in [4.69, 9.17) is 0 Å². The van der Waals surface area contributed by atoms with Crippen LogP contribution in [0.25, 0.3) is 0 Å². The molecule has 3 rings (SSSR count). The molecular weight excluding hydrogens is 238 g/mol. The van der Waals surface area contributed by atoms with Crippen molar-refractivity contribution in [2.45, 2.75) is 58.2 Å². The topological polar surface area (TPSA) is 41.3 Å². The summed E-state index contributed by atoms with van der Waals surface area (Å²) in [6.07, 6.45) is 6.91. The molecule has 1 aromatic heterocycles. The van der Waals surface area contributed by atoms with Crippen molar-refractivity contribution in [2.24, 2.45) is 5.92 Å². The Hall–Kier alpha value is -0.870. The minimum Gasteiger partial charge on any atom is -0.373 e. The van der Waals surface area contributed by atoms with Crippen LogP contribution in [0.5, 0.6) is 0 Å². The van der Waals surface area contributed by atoms with Crippen LogP contribution in [0, 0.1) is 5.92 Å². The van der Waals surface area contributed by atoms with Crippen molar-refractivity contribution in [3.8, 4) is 0 Å². The average molecular weight is 263 g/mol. The fourth-order valence-corrected chi connectivity index (χ4v) is 3.49. The number of nitrogens with zero attached hydrogens (tertiary/aromatic N) is 3. The molecule has 0 saturated carbocycles. The lowest BCUT2D eigenvalue weighted by molar-refractivity contribution is 0.0751. The van der Waals surface area contributed by atoms with E-state index >= 15 is 0 Å². The summed E-state index contributed by atoms with van der Waals surface area (Å²) in [5.74, 6) is 1.79. The van der Waals surface area contributed by atoms with Gasteiger partial charge < -0.3 is 14.6 Å². The number of imidazole rings is 1. The molecule has 1 aromatic rings. The van der Waals surface area contributed by atoms with Crippen LogP contribution >= 0.6 is 0 Å². The fraction of sp³-hybridized carbons (Fsp3) is 0.800. The number of aryl methyl sites for hydroxylation is 1. The van der Waals surface area contributed by atoms with Gasteiger partial charge in [0, 0.05) is 30.9 Å². The van der Waals surface area contributed by atoms with Gasteiger partial charge in [0.2, 0.25) is 0 Å². The highest BCUT2D eigenvalue weighted by atomic mass is 16.3. The van der Waals surface area contributed by atoms with Crippen LogP contribution in [-0.4, -0.2) is 38.7 Å². The van der Waals surface area contributed by atoms with Gasteiger partial charge in [0.05, 0.1) is 0 Å². The van der Waals surface area contributed by atoms with Gasteiger partial charge in [0.1, 0.15) is 12.1 Å². The van der Waals surface area contributed by atoms with Crippen molar-refractivity contribution in [3.63, 3.8) is 0 Å².